The average Bonchev–Trinajstić information content (AvgIpc) is 3.26. The highest BCUT2D eigenvalue weighted by atomic mass is 19.4. The van der Waals surface area contributed by atoms with Crippen molar-refractivity contribution in [1.82, 2.24) is 15.1 Å². The highest BCUT2D eigenvalue weighted by Gasteiger charge is 2.63. The lowest BCUT2D eigenvalue weighted by Crippen LogP contribution is -2.56. The van der Waals surface area contributed by atoms with E-state index in [1.54, 1.807) is 25.3 Å². The minimum absolute atomic E-state index is 0.0948. The molecule has 0 aromatic heterocycles. The van der Waals surface area contributed by atoms with Crippen LogP contribution >= 0.6 is 0 Å². The van der Waals surface area contributed by atoms with Crippen molar-refractivity contribution >= 4 is 17.5 Å². The van der Waals surface area contributed by atoms with Crippen molar-refractivity contribution in [2.75, 3.05) is 45.2 Å². The number of rotatable bonds is 8. The van der Waals surface area contributed by atoms with E-state index in [-0.39, 0.29) is 43.9 Å². The molecule has 2 atom stereocenters. The standard InChI is InChI=1S/C22H29F3N4O3/c1-32-18-5-2-4-15(10-18)27-19(30)14-29-13-16-11-17(29)12-28(16)9-8-26-20(31)21(6-3-7-21)22(23,24)25/h2,4-5,10,16-17H,3,6-9,11-14H2,1H3,(H,26,31)(H,27,30). The van der Waals surface area contributed by atoms with E-state index in [2.05, 4.69) is 20.4 Å². The van der Waals surface area contributed by atoms with Crippen LogP contribution in [-0.4, -0.2) is 79.7 Å². The molecule has 0 radical (unpaired) electrons. The Morgan fingerprint density at radius 2 is 1.91 bits per heavy atom. The van der Waals surface area contributed by atoms with Gasteiger partial charge in [-0.15, -0.1) is 0 Å². The van der Waals surface area contributed by atoms with Gasteiger partial charge in [-0.25, -0.2) is 0 Å². The van der Waals surface area contributed by atoms with Crippen LogP contribution in [-0.2, 0) is 9.59 Å². The highest BCUT2D eigenvalue weighted by Crippen LogP contribution is 2.53. The summed E-state index contributed by atoms with van der Waals surface area (Å²) in [6, 6.07) is 7.67. The molecule has 10 heteroatoms. The first-order valence-electron chi connectivity index (χ1n) is 11.0. The lowest BCUT2D eigenvalue weighted by Gasteiger charge is -2.41. The molecule has 1 aliphatic carbocycles. The third kappa shape index (κ3) is 4.43. The zero-order valence-corrected chi connectivity index (χ0v) is 18.1. The molecular formula is C22H29F3N4O3. The Kier molecular flexibility index (Phi) is 6.35. The molecule has 2 heterocycles. The number of carbonyl (C=O) groups excluding carboxylic acids is 2. The fourth-order valence-corrected chi connectivity index (χ4v) is 5.04. The Morgan fingerprint density at radius 3 is 2.50 bits per heavy atom. The Hall–Kier alpha value is -2.33. The number of ether oxygens (including phenoxy) is 1. The molecule has 7 nitrogen and oxygen atoms in total. The number of halogens is 3. The number of piperazine rings is 1. The van der Waals surface area contributed by atoms with Crippen LogP contribution in [0, 0.1) is 5.41 Å². The lowest BCUT2D eigenvalue weighted by molar-refractivity contribution is -0.243. The summed E-state index contributed by atoms with van der Waals surface area (Å²) >= 11 is 0. The molecule has 2 unspecified atom stereocenters. The molecule has 32 heavy (non-hydrogen) atoms. The summed E-state index contributed by atoms with van der Waals surface area (Å²) in [5.41, 5.74) is -1.51. The van der Waals surface area contributed by atoms with Crippen LogP contribution in [0.1, 0.15) is 25.7 Å². The maximum atomic E-state index is 13.3. The Morgan fingerprint density at radius 1 is 1.19 bits per heavy atom. The normalized spacial score (nSPS) is 24.8. The lowest BCUT2D eigenvalue weighted by atomic mass is 9.67. The third-order valence-electron chi connectivity index (χ3n) is 7.04. The number of fused-ring (bicyclic) bond motifs is 2. The van der Waals surface area contributed by atoms with Crippen molar-refractivity contribution in [3.63, 3.8) is 0 Å². The molecule has 2 bridgehead atoms. The van der Waals surface area contributed by atoms with Crippen LogP contribution < -0.4 is 15.4 Å². The number of hydrogen-bond donors (Lipinski definition) is 2. The molecule has 1 aromatic rings. The topological polar surface area (TPSA) is 73.9 Å². The van der Waals surface area contributed by atoms with Crippen LogP contribution in [0.15, 0.2) is 24.3 Å². The average molecular weight is 454 g/mol. The number of hydrogen-bond acceptors (Lipinski definition) is 5. The van der Waals surface area contributed by atoms with Crippen molar-refractivity contribution in [2.45, 2.75) is 43.9 Å². The number of amides is 2. The molecule has 3 aliphatic rings. The third-order valence-corrected chi connectivity index (χ3v) is 7.04. The smallest absolute Gasteiger partial charge is 0.403 e. The van der Waals surface area contributed by atoms with E-state index in [1.165, 1.54) is 0 Å². The summed E-state index contributed by atoms with van der Waals surface area (Å²) in [5, 5.41) is 5.39. The predicted molar refractivity (Wildman–Crippen MR) is 112 cm³/mol. The van der Waals surface area contributed by atoms with E-state index in [1.807, 2.05) is 6.07 Å². The minimum atomic E-state index is -4.49. The van der Waals surface area contributed by atoms with Gasteiger partial charge in [0.05, 0.1) is 13.7 Å². The molecule has 3 fully saturated rings. The van der Waals surface area contributed by atoms with Gasteiger partial charge < -0.3 is 15.4 Å². The van der Waals surface area contributed by atoms with Crippen molar-refractivity contribution in [3.8, 4) is 5.75 Å². The van der Waals surface area contributed by atoms with Crippen LogP contribution in [0.4, 0.5) is 18.9 Å². The Balaban J connectivity index is 1.20. The zero-order valence-electron chi connectivity index (χ0n) is 18.1. The van der Waals surface area contributed by atoms with Gasteiger partial charge >= 0.3 is 6.18 Å². The van der Waals surface area contributed by atoms with E-state index in [0.29, 0.717) is 24.4 Å². The van der Waals surface area contributed by atoms with E-state index in [0.717, 1.165) is 19.5 Å². The predicted octanol–water partition coefficient (Wildman–Crippen LogP) is 2.24. The van der Waals surface area contributed by atoms with Gasteiger partial charge in [-0.1, -0.05) is 12.5 Å². The highest BCUT2D eigenvalue weighted by molar-refractivity contribution is 5.92. The second-order valence-electron chi connectivity index (χ2n) is 8.94. The van der Waals surface area contributed by atoms with Gasteiger partial charge in [-0.05, 0) is 31.4 Å². The fraction of sp³-hybridized carbons (Fsp3) is 0.636. The van der Waals surface area contributed by atoms with Crippen LogP contribution in [0.25, 0.3) is 0 Å². The number of carbonyl (C=O) groups is 2. The first kappa shape index (κ1) is 22.8. The molecule has 1 aromatic carbocycles. The summed E-state index contributed by atoms with van der Waals surface area (Å²) < 4.78 is 45.0. The molecule has 1 saturated carbocycles. The van der Waals surface area contributed by atoms with Crippen LogP contribution in [0.2, 0.25) is 0 Å². The van der Waals surface area contributed by atoms with Crippen LogP contribution in [0.3, 0.4) is 0 Å². The summed E-state index contributed by atoms with van der Waals surface area (Å²) in [6.45, 7) is 2.49. The molecule has 2 N–H and O–H groups in total. The van der Waals surface area contributed by atoms with E-state index >= 15 is 0 Å². The number of nitrogens with one attached hydrogen (secondary N) is 2. The number of likely N-dealkylation sites (tertiary alicyclic amines) is 2. The van der Waals surface area contributed by atoms with Crippen molar-refractivity contribution in [2.24, 2.45) is 5.41 Å². The fourth-order valence-electron chi connectivity index (χ4n) is 5.04. The van der Waals surface area contributed by atoms with Crippen molar-refractivity contribution < 1.29 is 27.5 Å². The first-order chi connectivity index (χ1) is 15.2. The van der Waals surface area contributed by atoms with Gasteiger partial charge in [0.25, 0.3) is 0 Å². The molecule has 176 valence electrons. The zero-order chi connectivity index (χ0) is 22.9. The first-order valence-corrected chi connectivity index (χ1v) is 11.0. The summed E-state index contributed by atoms with van der Waals surface area (Å²) in [7, 11) is 1.57. The van der Waals surface area contributed by atoms with Gasteiger partial charge in [0.15, 0.2) is 0 Å². The molecule has 0 spiro atoms. The van der Waals surface area contributed by atoms with Crippen molar-refractivity contribution in [3.05, 3.63) is 24.3 Å². The molecule has 2 aliphatic heterocycles. The van der Waals surface area contributed by atoms with Gasteiger partial charge in [0.1, 0.15) is 11.2 Å². The number of methoxy groups -OCH3 is 1. The molecular weight excluding hydrogens is 425 g/mol. The van der Waals surface area contributed by atoms with E-state index < -0.39 is 17.5 Å². The molecule has 2 saturated heterocycles. The number of benzene rings is 1. The minimum Gasteiger partial charge on any atom is -0.497 e. The van der Waals surface area contributed by atoms with Gasteiger partial charge in [-0.2, -0.15) is 13.2 Å². The van der Waals surface area contributed by atoms with Crippen LogP contribution in [0.5, 0.6) is 5.75 Å². The summed E-state index contributed by atoms with van der Waals surface area (Å²) in [5.74, 6) is -0.316. The number of nitrogens with zero attached hydrogens (tertiary/aromatic N) is 2. The van der Waals surface area contributed by atoms with Gasteiger partial charge in [0.2, 0.25) is 11.8 Å². The Labute approximate surface area is 185 Å². The van der Waals surface area contributed by atoms with Gasteiger partial charge in [0, 0.05) is 50.0 Å². The quantitative estimate of drug-likeness (QED) is 0.630. The molecule has 4 rings (SSSR count). The maximum absolute atomic E-state index is 13.3. The van der Waals surface area contributed by atoms with Crippen molar-refractivity contribution in [1.29, 1.82) is 0 Å². The summed E-state index contributed by atoms with van der Waals surface area (Å²) in [4.78, 5) is 29.0. The summed E-state index contributed by atoms with van der Waals surface area (Å²) in [6.07, 6.45) is -3.38. The van der Waals surface area contributed by atoms with E-state index in [9.17, 15) is 22.8 Å². The largest absolute Gasteiger partial charge is 0.497 e. The number of anilines is 1. The monoisotopic (exact) mass is 454 g/mol. The van der Waals surface area contributed by atoms with Gasteiger partial charge in [-0.3, -0.25) is 19.4 Å². The SMILES string of the molecule is COc1cccc(NC(=O)CN2CC3CC2CN3CCNC(=O)C2(C(F)(F)F)CCC2)c1. The maximum Gasteiger partial charge on any atom is 0.403 e. The number of alkyl halides is 3. The second-order valence-corrected chi connectivity index (χ2v) is 8.94. The second kappa shape index (κ2) is 8.90. The Bertz CT molecular complexity index is 859. The molecule has 2 amide bonds. The van der Waals surface area contributed by atoms with E-state index in [4.69, 9.17) is 4.74 Å².